The van der Waals surface area contributed by atoms with E-state index >= 15 is 0 Å². The van der Waals surface area contributed by atoms with E-state index in [1.165, 1.54) is 4.68 Å². The van der Waals surface area contributed by atoms with Crippen LogP contribution < -0.4 is 0 Å². The number of hydrogen-bond donors (Lipinski definition) is 0. The lowest BCUT2D eigenvalue weighted by atomic mass is 10.0. The van der Waals surface area contributed by atoms with E-state index in [4.69, 9.17) is 11.6 Å². The van der Waals surface area contributed by atoms with E-state index in [0.717, 1.165) is 37.1 Å². The van der Waals surface area contributed by atoms with Gasteiger partial charge in [-0.15, -0.1) is 0 Å². The first-order valence-corrected chi connectivity index (χ1v) is 10.1. The number of likely N-dealkylation sites (tertiary alicyclic amines) is 1. The molecule has 2 heterocycles. The van der Waals surface area contributed by atoms with Crippen molar-refractivity contribution in [3.05, 3.63) is 52.8 Å². The Kier molecular flexibility index (Phi) is 5.15. The molecular formula is C21H25ClN4O2. The van der Waals surface area contributed by atoms with Crippen LogP contribution in [0.3, 0.4) is 0 Å². The Morgan fingerprint density at radius 3 is 2.36 bits per heavy atom. The maximum Gasteiger partial charge on any atom is 0.344 e. The largest absolute Gasteiger partial charge is 0.344 e. The molecule has 7 heteroatoms. The van der Waals surface area contributed by atoms with Gasteiger partial charge in [-0.25, -0.2) is 4.79 Å². The van der Waals surface area contributed by atoms with E-state index in [0.29, 0.717) is 23.4 Å². The van der Waals surface area contributed by atoms with Crippen LogP contribution in [0.1, 0.15) is 30.9 Å². The van der Waals surface area contributed by atoms with Crippen molar-refractivity contribution in [3.63, 3.8) is 0 Å². The fourth-order valence-electron chi connectivity index (χ4n) is 4.63. The van der Waals surface area contributed by atoms with E-state index in [1.54, 1.807) is 19.3 Å². The van der Waals surface area contributed by atoms with Gasteiger partial charge in [0.25, 0.3) is 0 Å². The molecule has 1 aliphatic carbocycles. The van der Waals surface area contributed by atoms with Crippen molar-refractivity contribution in [2.75, 3.05) is 13.1 Å². The summed E-state index contributed by atoms with van der Waals surface area (Å²) in [5.74, 6) is 0.982. The minimum atomic E-state index is -0.0522. The molecule has 6 nitrogen and oxygen atoms in total. The first-order chi connectivity index (χ1) is 13.4. The second kappa shape index (κ2) is 7.59. The number of carbonyl (C=O) groups excluding carboxylic acids is 2. The number of hydrogen-bond acceptors (Lipinski definition) is 3. The minimum absolute atomic E-state index is 0.0522. The summed E-state index contributed by atoms with van der Waals surface area (Å²) >= 11 is 5.97. The Labute approximate surface area is 170 Å². The Bertz CT molecular complexity index is 865. The highest BCUT2D eigenvalue weighted by atomic mass is 35.5. The van der Waals surface area contributed by atoms with Gasteiger partial charge in [0.15, 0.2) is 0 Å². The predicted molar refractivity (Wildman–Crippen MR) is 107 cm³/mol. The number of aryl methyl sites for hydroxylation is 1. The van der Waals surface area contributed by atoms with Crippen LogP contribution in [0.2, 0.25) is 5.02 Å². The summed E-state index contributed by atoms with van der Waals surface area (Å²) in [4.78, 5) is 28.8. The number of nitrogens with zero attached hydrogens (tertiary/aromatic N) is 4. The van der Waals surface area contributed by atoms with Gasteiger partial charge in [-0.2, -0.15) is 9.78 Å². The van der Waals surface area contributed by atoms with Crippen LogP contribution in [0.5, 0.6) is 0 Å². The van der Waals surface area contributed by atoms with Gasteiger partial charge in [0.2, 0.25) is 5.91 Å². The zero-order chi connectivity index (χ0) is 19.8. The molecule has 2 aliphatic rings. The number of benzene rings is 1. The summed E-state index contributed by atoms with van der Waals surface area (Å²) in [6, 6.07) is 7.84. The molecule has 0 bridgehead atoms. The summed E-state index contributed by atoms with van der Waals surface area (Å²) in [7, 11) is 0. The molecule has 0 radical (unpaired) electrons. The van der Waals surface area contributed by atoms with Gasteiger partial charge in [0.05, 0.1) is 6.20 Å². The average Bonchev–Trinajstić information content (AvgIpc) is 3.34. The van der Waals surface area contributed by atoms with Crippen molar-refractivity contribution in [2.45, 2.75) is 39.3 Å². The van der Waals surface area contributed by atoms with Gasteiger partial charge in [0.1, 0.15) is 0 Å². The van der Waals surface area contributed by atoms with Crippen LogP contribution in [0, 0.1) is 18.8 Å². The molecule has 4 rings (SSSR count). The Morgan fingerprint density at radius 2 is 1.82 bits per heavy atom. The molecule has 3 atom stereocenters. The monoisotopic (exact) mass is 400 g/mol. The number of aromatic nitrogens is 2. The van der Waals surface area contributed by atoms with Gasteiger partial charge < -0.3 is 9.80 Å². The molecule has 2 aromatic rings. The Balaban J connectivity index is 1.39. The van der Waals surface area contributed by atoms with Crippen molar-refractivity contribution >= 4 is 23.5 Å². The van der Waals surface area contributed by atoms with Crippen molar-refractivity contribution in [2.24, 2.45) is 11.8 Å². The van der Waals surface area contributed by atoms with E-state index in [-0.39, 0.29) is 18.0 Å². The molecule has 1 aliphatic heterocycles. The van der Waals surface area contributed by atoms with Crippen molar-refractivity contribution < 1.29 is 9.59 Å². The molecule has 1 saturated carbocycles. The smallest absolute Gasteiger partial charge is 0.336 e. The second-order valence-electron chi connectivity index (χ2n) is 8.07. The van der Waals surface area contributed by atoms with E-state index < -0.39 is 0 Å². The molecule has 0 N–H and O–H groups in total. The summed E-state index contributed by atoms with van der Waals surface area (Å²) in [5, 5.41) is 4.84. The van der Waals surface area contributed by atoms with Gasteiger partial charge in [0, 0.05) is 43.8 Å². The normalized spacial score (nSPS) is 23.7. The molecule has 1 aromatic carbocycles. The van der Waals surface area contributed by atoms with Crippen LogP contribution in [-0.2, 0) is 11.3 Å². The zero-order valence-electron chi connectivity index (χ0n) is 16.2. The minimum Gasteiger partial charge on any atom is -0.336 e. The first-order valence-electron chi connectivity index (χ1n) is 9.73. The molecular weight excluding hydrogens is 376 g/mol. The predicted octanol–water partition coefficient (Wildman–Crippen LogP) is 3.57. The highest BCUT2D eigenvalue weighted by Gasteiger charge is 2.44. The molecule has 1 aromatic heterocycles. The maximum absolute atomic E-state index is 12.6. The summed E-state index contributed by atoms with van der Waals surface area (Å²) in [6.07, 6.45) is 5.36. The molecule has 1 saturated heterocycles. The van der Waals surface area contributed by atoms with Gasteiger partial charge >= 0.3 is 6.03 Å². The van der Waals surface area contributed by atoms with Crippen molar-refractivity contribution in [1.82, 2.24) is 19.6 Å². The summed E-state index contributed by atoms with van der Waals surface area (Å²) in [6.45, 7) is 5.65. The van der Waals surface area contributed by atoms with Crippen LogP contribution in [0.15, 0.2) is 36.7 Å². The third-order valence-electron chi connectivity index (χ3n) is 6.02. The molecule has 2 fully saturated rings. The van der Waals surface area contributed by atoms with Crippen molar-refractivity contribution in [1.29, 1.82) is 0 Å². The summed E-state index contributed by atoms with van der Waals surface area (Å²) in [5.41, 5.74) is 2.06. The molecule has 28 heavy (non-hydrogen) atoms. The Morgan fingerprint density at radius 1 is 1.18 bits per heavy atom. The van der Waals surface area contributed by atoms with Gasteiger partial charge in [-0.05, 0) is 54.9 Å². The third-order valence-corrected chi connectivity index (χ3v) is 6.27. The Hall–Kier alpha value is -2.34. The van der Waals surface area contributed by atoms with Crippen LogP contribution in [-0.4, -0.2) is 50.6 Å². The number of halogens is 1. The maximum atomic E-state index is 12.6. The van der Waals surface area contributed by atoms with E-state index in [9.17, 15) is 9.59 Å². The van der Waals surface area contributed by atoms with Crippen LogP contribution in [0.4, 0.5) is 4.79 Å². The number of fused-ring (bicyclic) bond motifs is 1. The van der Waals surface area contributed by atoms with Crippen LogP contribution >= 0.6 is 11.6 Å². The van der Waals surface area contributed by atoms with Crippen LogP contribution in [0.25, 0.3) is 0 Å². The quantitative estimate of drug-likeness (QED) is 0.791. The molecule has 1 unspecified atom stereocenters. The number of carbonyl (C=O) groups is 2. The SMILES string of the molecule is CC(=O)N(Cc1ccc(Cl)cc1)C1C[C@@H]2CN(C(=O)n3cc(C)cn3)C[C@@H]2C1. The molecule has 148 valence electrons. The lowest BCUT2D eigenvalue weighted by Gasteiger charge is -2.29. The topological polar surface area (TPSA) is 58.4 Å². The van der Waals surface area contributed by atoms with E-state index in [1.807, 2.05) is 41.0 Å². The van der Waals surface area contributed by atoms with Crippen molar-refractivity contribution in [3.8, 4) is 0 Å². The third kappa shape index (κ3) is 3.78. The lowest BCUT2D eigenvalue weighted by molar-refractivity contribution is -0.131. The van der Waals surface area contributed by atoms with Gasteiger partial charge in [-0.1, -0.05) is 23.7 Å². The second-order valence-corrected chi connectivity index (χ2v) is 8.51. The molecule has 2 amide bonds. The average molecular weight is 401 g/mol. The standard InChI is InChI=1S/C21H25ClN4O2/c1-14-9-23-26(10-14)21(28)24-12-17-7-20(8-18(17)13-24)25(15(2)27)11-16-3-5-19(22)6-4-16/h3-6,9-10,17-18,20H,7-8,11-13H2,1-2H3/t17-,18+,20?. The lowest BCUT2D eigenvalue weighted by Crippen LogP contribution is -2.39. The fraction of sp³-hybridized carbons (Fsp3) is 0.476. The number of amides is 2. The zero-order valence-corrected chi connectivity index (χ0v) is 17.0. The highest BCUT2D eigenvalue weighted by Crippen LogP contribution is 2.40. The van der Waals surface area contributed by atoms with E-state index in [2.05, 4.69) is 5.10 Å². The summed E-state index contributed by atoms with van der Waals surface area (Å²) < 4.78 is 1.43. The fourth-order valence-corrected chi connectivity index (χ4v) is 4.75. The highest BCUT2D eigenvalue weighted by molar-refractivity contribution is 6.30. The number of rotatable bonds is 3. The van der Waals surface area contributed by atoms with Gasteiger partial charge in [-0.3, -0.25) is 4.79 Å². The first kappa shape index (κ1) is 19.0. The molecule has 0 spiro atoms.